The second kappa shape index (κ2) is 10.7. The number of nitrogens with one attached hydrogen (secondary N) is 2. The summed E-state index contributed by atoms with van der Waals surface area (Å²) in [5.74, 6) is -1.07. The topological polar surface area (TPSA) is 98.8 Å². The second-order valence-electron chi connectivity index (χ2n) is 11.1. The summed E-state index contributed by atoms with van der Waals surface area (Å²) in [5.41, 5.74) is 2.44. The fourth-order valence-corrected chi connectivity index (χ4v) is 4.90. The number of rotatable bonds is 5. The third-order valence-corrected chi connectivity index (χ3v) is 6.92. The van der Waals surface area contributed by atoms with E-state index in [1.54, 1.807) is 34.1 Å². The van der Waals surface area contributed by atoms with E-state index in [0.29, 0.717) is 43.7 Å². The molecule has 196 valence electrons. The number of amides is 4. The second-order valence-corrected chi connectivity index (χ2v) is 11.1. The molecule has 2 fully saturated rings. The average Bonchev–Trinajstić information content (AvgIpc) is 3.25. The molecule has 0 radical (unpaired) electrons. The van der Waals surface area contributed by atoms with E-state index in [4.69, 9.17) is 0 Å². The van der Waals surface area contributed by atoms with Crippen LogP contribution in [-0.2, 0) is 14.4 Å². The molecule has 2 N–H and O–H groups in total. The van der Waals surface area contributed by atoms with Gasteiger partial charge in [-0.15, -0.1) is 0 Å². The number of likely N-dealkylation sites (tertiary alicyclic amines) is 1. The van der Waals surface area contributed by atoms with Crippen LogP contribution >= 0.6 is 0 Å². The third-order valence-electron chi connectivity index (χ3n) is 6.92. The largest absolute Gasteiger partial charge is 0.347 e. The summed E-state index contributed by atoms with van der Waals surface area (Å²) in [7, 11) is 0. The van der Waals surface area contributed by atoms with Crippen molar-refractivity contribution in [3.63, 3.8) is 0 Å². The van der Waals surface area contributed by atoms with Crippen molar-refractivity contribution >= 4 is 35.0 Å². The number of carbonyl (C=O) groups is 4. The molecule has 37 heavy (non-hydrogen) atoms. The molecule has 4 rings (SSSR count). The van der Waals surface area contributed by atoms with Gasteiger partial charge in [-0.05, 0) is 64.8 Å². The maximum absolute atomic E-state index is 13.2. The molecular formula is C29H36N4O4. The fourth-order valence-electron chi connectivity index (χ4n) is 4.90. The first-order valence-electron chi connectivity index (χ1n) is 12.9. The molecule has 0 spiro atoms. The highest BCUT2D eigenvalue weighted by molar-refractivity contribution is 6.04. The highest BCUT2D eigenvalue weighted by Gasteiger charge is 2.38. The molecular weight excluding hydrogens is 468 g/mol. The van der Waals surface area contributed by atoms with Crippen LogP contribution in [-0.4, -0.2) is 53.7 Å². The third kappa shape index (κ3) is 6.37. The van der Waals surface area contributed by atoms with Crippen LogP contribution in [0.2, 0.25) is 0 Å². The van der Waals surface area contributed by atoms with Gasteiger partial charge in [-0.3, -0.25) is 19.2 Å². The summed E-state index contributed by atoms with van der Waals surface area (Å²) in [4.78, 5) is 55.0. The highest BCUT2D eigenvalue weighted by Crippen LogP contribution is 2.29. The number of benzene rings is 2. The quantitative estimate of drug-likeness (QED) is 0.648. The number of aryl methyl sites for hydroxylation is 1. The van der Waals surface area contributed by atoms with Crippen LogP contribution in [0.5, 0.6) is 0 Å². The molecule has 4 amide bonds. The van der Waals surface area contributed by atoms with Crippen molar-refractivity contribution < 1.29 is 19.2 Å². The van der Waals surface area contributed by atoms with Crippen molar-refractivity contribution in [2.24, 2.45) is 11.8 Å². The zero-order valence-electron chi connectivity index (χ0n) is 22.0. The molecule has 2 heterocycles. The van der Waals surface area contributed by atoms with Crippen LogP contribution in [0.4, 0.5) is 11.4 Å². The number of hydrogen-bond donors (Lipinski definition) is 2. The maximum atomic E-state index is 13.2. The summed E-state index contributed by atoms with van der Waals surface area (Å²) < 4.78 is 0. The Bertz CT molecular complexity index is 1180. The molecule has 2 aromatic carbocycles. The lowest BCUT2D eigenvalue weighted by Crippen LogP contribution is -2.44. The van der Waals surface area contributed by atoms with Crippen molar-refractivity contribution in [3.05, 3.63) is 59.7 Å². The van der Waals surface area contributed by atoms with Crippen LogP contribution < -0.4 is 15.5 Å². The first-order chi connectivity index (χ1) is 17.5. The van der Waals surface area contributed by atoms with E-state index < -0.39 is 5.54 Å². The number of para-hydroxylation sites is 1. The molecule has 8 heteroatoms. The van der Waals surface area contributed by atoms with E-state index >= 15 is 0 Å². The lowest BCUT2D eigenvalue weighted by atomic mass is 9.94. The van der Waals surface area contributed by atoms with Crippen molar-refractivity contribution in [2.45, 2.75) is 52.5 Å². The van der Waals surface area contributed by atoms with Gasteiger partial charge < -0.3 is 20.4 Å². The molecule has 8 nitrogen and oxygen atoms in total. The van der Waals surface area contributed by atoms with Crippen molar-refractivity contribution in [3.8, 4) is 0 Å². The fraction of sp³-hybridized carbons (Fsp3) is 0.448. The van der Waals surface area contributed by atoms with Gasteiger partial charge in [-0.2, -0.15) is 0 Å². The molecule has 2 aliphatic heterocycles. The SMILES string of the molecule is Cc1ccc(N2CC(C(=O)N3CCC(C(=O)Nc4ccccc4C(=O)NC(C)(C)C)CC3)CC2=O)cc1. The zero-order valence-corrected chi connectivity index (χ0v) is 22.0. The number of piperidine rings is 1. The van der Waals surface area contributed by atoms with Crippen molar-refractivity contribution in [1.29, 1.82) is 0 Å². The van der Waals surface area contributed by atoms with Gasteiger partial charge in [0.25, 0.3) is 5.91 Å². The molecule has 0 aliphatic carbocycles. The lowest BCUT2D eigenvalue weighted by molar-refractivity contribution is -0.138. The van der Waals surface area contributed by atoms with Gasteiger partial charge in [0.15, 0.2) is 0 Å². The van der Waals surface area contributed by atoms with E-state index in [9.17, 15) is 19.2 Å². The molecule has 0 aromatic heterocycles. The Balaban J connectivity index is 1.32. The van der Waals surface area contributed by atoms with Crippen LogP contribution in [0.1, 0.15) is 56.0 Å². The molecule has 1 atom stereocenters. The van der Waals surface area contributed by atoms with Crippen molar-refractivity contribution in [2.75, 3.05) is 29.9 Å². The Morgan fingerprint density at radius 2 is 1.57 bits per heavy atom. The van der Waals surface area contributed by atoms with Gasteiger partial charge in [0, 0.05) is 43.2 Å². The highest BCUT2D eigenvalue weighted by atomic mass is 16.2. The number of nitrogens with zero attached hydrogens (tertiary/aromatic N) is 2. The predicted octanol–water partition coefficient (Wildman–Crippen LogP) is 3.75. The van der Waals surface area contributed by atoms with Gasteiger partial charge in [0.05, 0.1) is 17.2 Å². The van der Waals surface area contributed by atoms with E-state index in [2.05, 4.69) is 10.6 Å². The van der Waals surface area contributed by atoms with Crippen molar-refractivity contribution in [1.82, 2.24) is 10.2 Å². The standard InChI is InChI=1S/C29H36N4O4/c1-19-9-11-22(12-10-19)33-18-21(17-25(33)34)28(37)32-15-13-20(14-16-32)26(35)30-24-8-6-5-7-23(24)27(36)31-29(2,3)4/h5-12,20-21H,13-18H2,1-4H3,(H,30,35)(H,31,36). The normalized spacial score (nSPS) is 18.6. The Morgan fingerprint density at radius 3 is 2.22 bits per heavy atom. The van der Waals surface area contributed by atoms with Crippen LogP contribution in [0, 0.1) is 18.8 Å². The predicted molar refractivity (Wildman–Crippen MR) is 143 cm³/mol. The summed E-state index contributed by atoms with van der Waals surface area (Å²) in [6.07, 6.45) is 1.28. The van der Waals surface area contributed by atoms with Gasteiger partial charge in [-0.1, -0.05) is 29.8 Å². The summed E-state index contributed by atoms with van der Waals surface area (Å²) in [6.45, 7) is 9.04. The number of anilines is 2. The van der Waals surface area contributed by atoms with Gasteiger partial charge in [-0.25, -0.2) is 0 Å². The van der Waals surface area contributed by atoms with E-state index in [0.717, 1.165) is 11.3 Å². The summed E-state index contributed by atoms with van der Waals surface area (Å²) >= 11 is 0. The number of carbonyl (C=O) groups excluding carboxylic acids is 4. The van der Waals surface area contributed by atoms with Gasteiger partial charge in [0.1, 0.15) is 0 Å². The molecule has 2 saturated heterocycles. The average molecular weight is 505 g/mol. The summed E-state index contributed by atoms with van der Waals surface area (Å²) in [6, 6.07) is 14.7. The molecule has 1 unspecified atom stereocenters. The molecule has 2 aromatic rings. The van der Waals surface area contributed by atoms with Crippen LogP contribution in [0.3, 0.4) is 0 Å². The monoisotopic (exact) mass is 504 g/mol. The Morgan fingerprint density at radius 1 is 0.919 bits per heavy atom. The molecule has 2 aliphatic rings. The minimum Gasteiger partial charge on any atom is -0.347 e. The smallest absolute Gasteiger partial charge is 0.253 e. The Labute approximate surface area is 218 Å². The number of hydrogen-bond acceptors (Lipinski definition) is 4. The van der Waals surface area contributed by atoms with E-state index in [1.165, 1.54) is 0 Å². The Kier molecular flexibility index (Phi) is 7.66. The van der Waals surface area contributed by atoms with Gasteiger partial charge >= 0.3 is 0 Å². The molecule has 0 bridgehead atoms. The first-order valence-corrected chi connectivity index (χ1v) is 12.9. The summed E-state index contributed by atoms with van der Waals surface area (Å²) in [5, 5.41) is 5.86. The zero-order chi connectivity index (χ0) is 26.7. The van der Waals surface area contributed by atoms with E-state index in [-0.39, 0.29) is 41.9 Å². The minimum absolute atomic E-state index is 0.0222. The first kappa shape index (κ1) is 26.4. The lowest BCUT2D eigenvalue weighted by Gasteiger charge is -2.33. The maximum Gasteiger partial charge on any atom is 0.253 e. The van der Waals surface area contributed by atoms with Crippen LogP contribution in [0.25, 0.3) is 0 Å². The van der Waals surface area contributed by atoms with E-state index in [1.807, 2.05) is 52.0 Å². The van der Waals surface area contributed by atoms with Gasteiger partial charge in [0.2, 0.25) is 17.7 Å². The van der Waals surface area contributed by atoms with Crippen LogP contribution in [0.15, 0.2) is 48.5 Å². The molecule has 0 saturated carbocycles. The Hall–Kier alpha value is -3.68. The minimum atomic E-state index is -0.394.